The normalized spacial score (nSPS) is 26.7. The fraction of sp³-hybridized carbons (Fsp3) is 0.846. The van der Waals surface area contributed by atoms with E-state index in [1.807, 2.05) is 9.80 Å². The van der Waals surface area contributed by atoms with E-state index in [1.54, 1.807) is 7.11 Å². The van der Waals surface area contributed by atoms with Crippen LogP contribution in [-0.4, -0.2) is 74.2 Å². The van der Waals surface area contributed by atoms with Crippen molar-refractivity contribution in [3.05, 3.63) is 0 Å². The van der Waals surface area contributed by atoms with E-state index >= 15 is 0 Å². The van der Waals surface area contributed by atoms with Crippen molar-refractivity contribution < 1.29 is 19.1 Å². The third-order valence-corrected chi connectivity index (χ3v) is 4.01. The van der Waals surface area contributed by atoms with Crippen molar-refractivity contribution in [1.29, 1.82) is 0 Å². The standard InChI is InChI=1S/C13H22N2O4/c1-18-8-7-15-11-5-6-14(13(17)9-19-2)10(11)3-4-12(15)16/h10-11H,3-9H2,1-2H3/t10-,11-/m1/s1. The average molecular weight is 270 g/mol. The fourth-order valence-electron chi connectivity index (χ4n) is 3.15. The highest BCUT2D eigenvalue weighted by atomic mass is 16.5. The molecule has 0 unspecified atom stereocenters. The molecule has 2 atom stereocenters. The zero-order chi connectivity index (χ0) is 13.8. The summed E-state index contributed by atoms with van der Waals surface area (Å²) in [4.78, 5) is 27.7. The first kappa shape index (κ1) is 14.3. The summed E-state index contributed by atoms with van der Waals surface area (Å²) in [5.74, 6) is 0.204. The van der Waals surface area contributed by atoms with E-state index in [0.717, 1.165) is 12.8 Å². The fourth-order valence-corrected chi connectivity index (χ4v) is 3.15. The summed E-state index contributed by atoms with van der Waals surface area (Å²) in [5.41, 5.74) is 0. The summed E-state index contributed by atoms with van der Waals surface area (Å²) in [6, 6.07) is 0.300. The Bertz CT molecular complexity index is 348. The van der Waals surface area contributed by atoms with Crippen LogP contribution in [0.4, 0.5) is 0 Å². The molecule has 2 saturated heterocycles. The molecule has 2 heterocycles. The van der Waals surface area contributed by atoms with Crippen molar-refractivity contribution in [1.82, 2.24) is 9.80 Å². The number of fused-ring (bicyclic) bond motifs is 1. The molecule has 0 N–H and O–H groups in total. The number of ether oxygens (including phenoxy) is 2. The van der Waals surface area contributed by atoms with Gasteiger partial charge in [0, 0.05) is 33.7 Å². The van der Waals surface area contributed by atoms with Gasteiger partial charge >= 0.3 is 0 Å². The molecule has 0 saturated carbocycles. The summed E-state index contributed by atoms with van der Waals surface area (Å²) in [7, 11) is 3.16. The molecule has 0 aliphatic carbocycles. The second-order valence-corrected chi connectivity index (χ2v) is 5.06. The molecule has 6 nitrogen and oxygen atoms in total. The first-order chi connectivity index (χ1) is 9.19. The Morgan fingerprint density at radius 2 is 2.05 bits per heavy atom. The summed E-state index contributed by atoms with van der Waals surface area (Å²) in [6.07, 6.45) is 2.14. The van der Waals surface area contributed by atoms with E-state index in [2.05, 4.69) is 0 Å². The maximum absolute atomic E-state index is 12.0. The smallest absolute Gasteiger partial charge is 0.248 e. The van der Waals surface area contributed by atoms with Gasteiger partial charge in [-0.3, -0.25) is 9.59 Å². The molecule has 2 aliphatic heterocycles. The molecular weight excluding hydrogens is 248 g/mol. The topological polar surface area (TPSA) is 59.1 Å². The molecule has 2 rings (SSSR count). The minimum absolute atomic E-state index is 0.0241. The number of piperidine rings is 1. The van der Waals surface area contributed by atoms with Crippen LogP contribution in [0.2, 0.25) is 0 Å². The lowest BCUT2D eigenvalue weighted by molar-refractivity contribution is -0.144. The van der Waals surface area contributed by atoms with Crippen LogP contribution in [0.15, 0.2) is 0 Å². The third-order valence-electron chi connectivity index (χ3n) is 4.01. The molecule has 0 aromatic rings. The third kappa shape index (κ3) is 2.90. The number of carbonyl (C=O) groups excluding carboxylic acids is 2. The number of hydrogen-bond donors (Lipinski definition) is 0. The maximum atomic E-state index is 12.0. The van der Waals surface area contributed by atoms with Crippen molar-refractivity contribution >= 4 is 11.8 Å². The van der Waals surface area contributed by atoms with E-state index in [1.165, 1.54) is 7.11 Å². The Kier molecular flexibility index (Phi) is 4.76. The molecule has 0 aromatic carbocycles. The Labute approximate surface area is 113 Å². The predicted octanol–water partition coefficient (Wildman–Crippen LogP) is -0.129. The molecule has 2 fully saturated rings. The number of amides is 2. The van der Waals surface area contributed by atoms with Gasteiger partial charge in [-0.1, -0.05) is 0 Å². The van der Waals surface area contributed by atoms with Gasteiger partial charge in [-0.05, 0) is 12.8 Å². The highest BCUT2D eigenvalue weighted by molar-refractivity contribution is 5.81. The molecule has 2 aliphatic rings. The average Bonchev–Trinajstić information content (AvgIpc) is 2.82. The largest absolute Gasteiger partial charge is 0.383 e. The van der Waals surface area contributed by atoms with Gasteiger partial charge in [0.15, 0.2) is 0 Å². The van der Waals surface area contributed by atoms with E-state index in [4.69, 9.17) is 9.47 Å². The van der Waals surface area contributed by atoms with Crippen LogP contribution in [0.5, 0.6) is 0 Å². The second-order valence-electron chi connectivity index (χ2n) is 5.06. The molecule has 19 heavy (non-hydrogen) atoms. The van der Waals surface area contributed by atoms with Crippen molar-refractivity contribution in [2.45, 2.75) is 31.3 Å². The van der Waals surface area contributed by atoms with Gasteiger partial charge in [0.1, 0.15) is 6.61 Å². The lowest BCUT2D eigenvalue weighted by Crippen LogP contribution is -2.54. The van der Waals surface area contributed by atoms with Crippen LogP contribution in [0.25, 0.3) is 0 Å². The van der Waals surface area contributed by atoms with Gasteiger partial charge in [0.25, 0.3) is 0 Å². The van der Waals surface area contributed by atoms with Crippen LogP contribution >= 0.6 is 0 Å². The summed E-state index contributed by atoms with van der Waals surface area (Å²) >= 11 is 0. The SMILES string of the molecule is COCCN1C(=O)CC[C@@H]2[C@H]1CCN2C(=O)COC. The zero-order valence-electron chi connectivity index (χ0n) is 11.6. The Balaban J connectivity index is 2.03. The Hall–Kier alpha value is -1.14. The predicted molar refractivity (Wildman–Crippen MR) is 68.6 cm³/mol. The van der Waals surface area contributed by atoms with Crippen LogP contribution in [-0.2, 0) is 19.1 Å². The van der Waals surface area contributed by atoms with E-state index in [0.29, 0.717) is 26.1 Å². The molecule has 0 radical (unpaired) electrons. The molecule has 0 spiro atoms. The van der Waals surface area contributed by atoms with E-state index in [9.17, 15) is 9.59 Å². The molecular formula is C13H22N2O4. The van der Waals surface area contributed by atoms with Gasteiger partial charge < -0.3 is 19.3 Å². The summed E-state index contributed by atoms with van der Waals surface area (Å²) < 4.78 is 9.98. The molecule has 0 bridgehead atoms. The maximum Gasteiger partial charge on any atom is 0.248 e. The minimum Gasteiger partial charge on any atom is -0.383 e. The van der Waals surface area contributed by atoms with Crippen LogP contribution < -0.4 is 0 Å². The highest BCUT2D eigenvalue weighted by Gasteiger charge is 2.44. The van der Waals surface area contributed by atoms with E-state index in [-0.39, 0.29) is 30.5 Å². The van der Waals surface area contributed by atoms with Crippen molar-refractivity contribution in [3.63, 3.8) is 0 Å². The molecule has 0 aromatic heterocycles. The Morgan fingerprint density at radius 1 is 1.26 bits per heavy atom. The number of likely N-dealkylation sites (tertiary alicyclic amines) is 2. The zero-order valence-corrected chi connectivity index (χ0v) is 11.6. The van der Waals surface area contributed by atoms with Crippen LogP contribution in [0.3, 0.4) is 0 Å². The van der Waals surface area contributed by atoms with Gasteiger partial charge in [-0.15, -0.1) is 0 Å². The first-order valence-electron chi connectivity index (χ1n) is 6.76. The minimum atomic E-state index is 0.0241. The number of carbonyl (C=O) groups is 2. The van der Waals surface area contributed by atoms with Gasteiger partial charge in [-0.2, -0.15) is 0 Å². The summed E-state index contributed by atoms with van der Waals surface area (Å²) in [6.45, 7) is 1.99. The van der Waals surface area contributed by atoms with E-state index < -0.39 is 0 Å². The monoisotopic (exact) mass is 270 g/mol. The van der Waals surface area contributed by atoms with Crippen LogP contribution in [0.1, 0.15) is 19.3 Å². The van der Waals surface area contributed by atoms with Gasteiger partial charge in [0.2, 0.25) is 11.8 Å². The van der Waals surface area contributed by atoms with Gasteiger partial charge in [-0.25, -0.2) is 0 Å². The highest BCUT2D eigenvalue weighted by Crippen LogP contribution is 2.31. The number of methoxy groups -OCH3 is 2. The lowest BCUT2D eigenvalue weighted by Gasteiger charge is -2.39. The van der Waals surface area contributed by atoms with Crippen LogP contribution in [0, 0.1) is 0 Å². The van der Waals surface area contributed by atoms with Crippen molar-refractivity contribution in [2.75, 3.05) is 40.5 Å². The molecule has 108 valence electrons. The lowest BCUT2D eigenvalue weighted by atomic mass is 9.96. The quantitative estimate of drug-likeness (QED) is 0.698. The first-order valence-corrected chi connectivity index (χ1v) is 6.76. The number of hydrogen-bond acceptors (Lipinski definition) is 4. The van der Waals surface area contributed by atoms with Crippen molar-refractivity contribution in [3.8, 4) is 0 Å². The molecule has 6 heteroatoms. The number of rotatable bonds is 5. The second kappa shape index (κ2) is 6.34. The molecule has 2 amide bonds. The number of nitrogens with zero attached hydrogens (tertiary/aromatic N) is 2. The Morgan fingerprint density at radius 3 is 2.74 bits per heavy atom. The summed E-state index contributed by atoms with van der Waals surface area (Å²) in [5, 5.41) is 0. The van der Waals surface area contributed by atoms with Gasteiger partial charge in [0.05, 0.1) is 18.7 Å². The van der Waals surface area contributed by atoms with Crippen molar-refractivity contribution in [2.24, 2.45) is 0 Å².